The van der Waals surface area contributed by atoms with Crippen LogP contribution in [0.1, 0.15) is 26.2 Å². The Hall–Kier alpha value is -0.0800. The van der Waals surface area contributed by atoms with Crippen LogP contribution in [-0.2, 0) is 4.74 Å². The number of hydrogen-bond acceptors (Lipinski definition) is 2. The maximum atomic E-state index is 5.29. The lowest BCUT2D eigenvalue weighted by atomic mass is 9.97. The Morgan fingerprint density at radius 1 is 1.36 bits per heavy atom. The normalized spacial score (nSPS) is 20.5. The van der Waals surface area contributed by atoms with Gasteiger partial charge in [0.2, 0.25) is 0 Å². The van der Waals surface area contributed by atoms with Crippen LogP contribution < -0.4 is 5.32 Å². The van der Waals surface area contributed by atoms with Gasteiger partial charge in [0.15, 0.2) is 0 Å². The van der Waals surface area contributed by atoms with Crippen LogP contribution in [0.4, 0.5) is 0 Å². The summed E-state index contributed by atoms with van der Waals surface area (Å²) in [7, 11) is 0. The van der Waals surface area contributed by atoms with Gasteiger partial charge in [0.1, 0.15) is 0 Å². The third-order valence-corrected chi connectivity index (χ3v) is 2.32. The Morgan fingerprint density at radius 2 is 2.09 bits per heavy atom. The van der Waals surface area contributed by atoms with E-state index in [1.807, 2.05) is 0 Å². The Balaban J connectivity index is 1.96. The van der Waals surface area contributed by atoms with E-state index in [0.29, 0.717) is 0 Å². The molecule has 1 saturated heterocycles. The van der Waals surface area contributed by atoms with Gasteiger partial charge in [-0.3, -0.25) is 0 Å². The van der Waals surface area contributed by atoms with Crippen molar-refractivity contribution in [3.05, 3.63) is 0 Å². The number of nitrogens with one attached hydrogen (secondary N) is 1. The van der Waals surface area contributed by atoms with Crippen molar-refractivity contribution in [3.8, 4) is 0 Å². The molecule has 1 N–H and O–H groups in total. The second-order valence-electron chi connectivity index (χ2n) is 3.20. The minimum atomic E-state index is 0.919. The summed E-state index contributed by atoms with van der Waals surface area (Å²) < 4.78 is 5.29. The van der Waals surface area contributed by atoms with E-state index in [1.165, 1.54) is 25.8 Å². The van der Waals surface area contributed by atoms with Gasteiger partial charge in [-0.25, -0.2) is 0 Å². The summed E-state index contributed by atoms with van der Waals surface area (Å²) in [5, 5.41) is 3.35. The van der Waals surface area contributed by atoms with Gasteiger partial charge < -0.3 is 10.1 Å². The average Bonchev–Trinajstić information content (AvgIpc) is 2.07. The van der Waals surface area contributed by atoms with Gasteiger partial charge in [0.25, 0.3) is 0 Å². The van der Waals surface area contributed by atoms with E-state index in [9.17, 15) is 0 Å². The van der Waals surface area contributed by atoms with Crippen molar-refractivity contribution in [2.24, 2.45) is 5.92 Å². The van der Waals surface area contributed by atoms with E-state index in [2.05, 4.69) is 12.2 Å². The first kappa shape index (κ1) is 9.01. The molecule has 2 heteroatoms. The maximum Gasteiger partial charge on any atom is 0.0468 e. The van der Waals surface area contributed by atoms with E-state index in [0.717, 1.165) is 25.7 Å². The van der Waals surface area contributed by atoms with Crippen LogP contribution in [0.25, 0.3) is 0 Å². The zero-order chi connectivity index (χ0) is 7.94. The molecule has 66 valence electrons. The maximum absolute atomic E-state index is 5.29. The molecule has 1 aliphatic heterocycles. The van der Waals surface area contributed by atoms with Gasteiger partial charge >= 0.3 is 0 Å². The standard InChI is InChI=1S/C9H19NO/c1-2-10-6-3-9-4-7-11-8-5-9/h9-10H,2-8H2,1H3. The molecule has 0 radical (unpaired) electrons. The number of ether oxygens (including phenoxy) is 1. The molecule has 11 heavy (non-hydrogen) atoms. The molecule has 0 spiro atoms. The van der Waals surface area contributed by atoms with Crippen LogP contribution in [0.15, 0.2) is 0 Å². The van der Waals surface area contributed by atoms with E-state index in [4.69, 9.17) is 4.74 Å². The van der Waals surface area contributed by atoms with Crippen molar-refractivity contribution >= 4 is 0 Å². The van der Waals surface area contributed by atoms with E-state index in [1.54, 1.807) is 0 Å². The summed E-state index contributed by atoms with van der Waals surface area (Å²) in [5.41, 5.74) is 0. The van der Waals surface area contributed by atoms with Crippen molar-refractivity contribution in [3.63, 3.8) is 0 Å². The Bertz CT molecular complexity index is 89.6. The zero-order valence-electron chi connectivity index (χ0n) is 7.44. The molecule has 0 bridgehead atoms. The summed E-state index contributed by atoms with van der Waals surface area (Å²) in [4.78, 5) is 0. The van der Waals surface area contributed by atoms with Crippen molar-refractivity contribution in [2.45, 2.75) is 26.2 Å². The minimum Gasteiger partial charge on any atom is -0.381 e. The second kappa shape index (κ2) is 5.56. The largest absolute Gasteiger partial charge is 0.381 e. The van der Waals surface area contributed by atoms with Gasteiger partial charge in [-0.1, -0.05) is 6.92 Å². The number of hydrogen-bond donors (Lipinski definition) is 1. The molecular weight excluding hydrogens is 138 g/mol. The molecule has 1 heterocycles. The van der Waals surface area contributed by atoms with E-state index < -0.39 is 0 Å². The average molecular weight is 157 g/mol. The molecule has 0 aromatic carbocycles. The first-order valence-electron chi connectivity index (χ1n) is 4.72. The fourth-order valence-electron chi connectivity index (χ4n) is 1.52. The highest BCUT2D eigenvalue weighted by atomic mass is 16.5. The third-order valence-electron chi connectivity index (χ3n) is 2.32. The molecule has 0 aliphatic carbocycles. The van der Waals surface area contributed by atoms with Crippen molar-refractivity contribution in [1.82, 2.24) is 5.32 Å². The summed E-state index contributed by atoms with van der Waals surface area (Å²) >= 11 is 0. The number of rotatable bonds is 4. The predicted octanol–water partition coefficient (Wildman–Crippen LogP) is 1.41. The second-order valence-corrected chi connectivity index (χ2v) is 3.20. The van der Waals surface area contributed by atoms with Crippen molar-refractivity contribution in [2.75, 3.05) is 26.3 Å². The lowest BCUT2D eigenvalue weighted by Gasteiger charge is -2.21. The molecule has 0 atom stereocenters. The predicted molar refractivity (Wildman–Crippen MR) is 46.7 cm³/mol. The lowest BCUT2D eigenvalue weighted by molar-refractivity contribution is 0.0640. The Kier molecular flexibility index (Phi) is 4.55. The van der Waals surface area contributed by atoms with Gasteiger partial charge in [-0.15, -0.1) is 0 Å². The lowest BCUT2D eigenvalue weighted by Crippen LogP contribution is -2.22. The third kappa shape index (κ3) is 3.73. The summed E-state index contributed by atoms with van der Waals surface area (Å²) in [6.45, 7) is 6.40. The van der Waals surface area contributed by atoms with Crippen LogP contribution in [0.5, 0.6) is 0 Å². The molecule has 0 saturated carbocycles. The summed E-state index contributed by atoms with van der Waals surface area (Å²) in [6, 6.07) is 0. The molecule has 2 nitrogen and oxygen atoms in total. The Labute approximate surface area is 69.3 Å². The molecule has 0 aromatic rings. The fraction of sp³-hybridized carbons (Fsp3) is 1.00. The first-order valence-corrected chi connectivity index (χ1v) is 4.72. The van der Waals surface area contributed by atoms with Crippen LogP contribution in [0, 0.1) is 5.92 Å². The molecule has 0 unspecified atom stereocenters. The van der Waals surface area contributed by atoms with Crippen molar-refractivity contribution in [1.29, 1.82) is 0 Å². The Morgan fingerprint density at radius 3 is 2.73 bits per heavy atom. The fourth-order valence-corrected chi connectivity index (χ4v) is 1.52. The van der Waals surface area contributed by atoms with Gasteiger partial charge in [0.05, 0.1) is 0 Å². The SMILES string of the molecule is CCNCCC1CCOCC1. The molecule has 1 rings (SSSR count). The molecule has 1 aliphatic rings. The molecule has 1 fully saturated rings. The van der Waals surface area contributed by atoms with Crippen LogP contribution in [0.2, 0.25) is 0 Å². The van der Waals surface area contributed by atoms with Crippen LogP contribution >= 0.6 is 0 Å². The molecule has 0 aromatic heterocycles. The summed E-state index contributed by atoms with van der Waals surface area (Å²) in [6.07, 6.45) is 3.87. The van der Waals surface area contributed by atoms with Gasteiger partial charge in [-0.2, -0.15) is 0 Å². The highest BCUT2D eigenvalue weighted by Gasteiger charge is 2.12. The van der Waals surface area contributed by atoms with E-state index >= 15 is 0 Å². The summed E-state index contributed by atoms with van der Waals surface area (Å²) in [5.74, 6) is 0.919. The monoisotopic (exact) mass is 157 g/mol. The van der Waals surface area contributed by atoms with Crippen molar-refractivity contribution < 1.29 is 4.74 Å². The minimum absolute atomic E-state index is 0.919. The molecule has 0 amide bonds. The highest BCUT2D eigenvalue weighted by Crippen LogP contribution is 2.17. The highest BCUT2D eigenvalue weighted by molar-refractivity contribution is 4.64. The van der Waals surface area contributed by atoms with Gasteiger partial charge in [-0.05, 0) is 38.3 Å². The topological polar surface area (TPSA) is 21.3 Å². The van der Waals surface area contributed by atoms with Crippen LogP contribution in [0.3, 0.4) is 0 Å². The zero-order valence-corrected chi connectivity index (χ0v) is 7.44. The quantitative estimate of drug-likeness (QED) is 0.623. The van der Waals surface area contributed by atoms with Crippen LogP contribution in [-0.4, -0.2) is 26.3 Å². The van der Waals surface area contributed by atoms with E-state index in [-0.39, 0.29) is 0 Å². The molecular formula is C9H19NO. The smallest absolute Gasteiger partial charge is 0.0468 e. The first-order chi connectivity index (χ1) is 5.43. The van der Waals surface area contributed by atoms with Gasteiger partial charge in [0, 0.05) is 13.2 Å².